The lowest BCUT2D eigenvalue weighted by Crippen LogP contribution is -2.18. The molecule has 0 saturated heterocycles. The summed E-state index contributed by atoms with van der Waals surface area (Å²) in [6.07, 6.45) is 2.72. The molecule has 102 valence electrons. The molecular weight excluding hydrogens is 250 g/mol. The van der Waals surface area contributed by atoms with Gasteiger partial charge in [-0.05, 0) is 37.8 Å². The lowest BCUT2D eigenvalue weighted by Gasteiger charge is -2.14. The maximum absolute atomic E-state index is 6.16. The third-order valence-electron chi connectivity index (χ3n) is 2.58. The van der Waals surface area contributed by atoms with Crippen LogP contribution in [-0.4, -0.2) is 26.4 Å². The van der Waals surface area contributed by atoms with Gasteiger partial charge in [-0.2, -0.15) is 0 Å². The van der Waals surface area contributed by atoms with Crippen LogP contribution in [0.1, 0.15) is 25.3 Å². The highest BCUT2D eigenvalue weighted by atomic mass is 35.5. The molecule has 2 N–H and O–H groups in total. The van der Waals surface area contributed by atoms with E-state index in [1.54, 1.807) is 7.11 Å². The fourth-order valence-corrected chi connectivity index (χ4v) is 1.99. The van der Waals surface area contributed by atoms with Crippen molar-refractivity contribution in [1.82, 2.24) is 0 Å². The molecule has 1 aromatic rings. The van der Waals surface area contributed by atoms with Gasteiger partial charge in [0.05, 0.1) is 11.6 Å². The van der Waals surface area contributed by atoms with Crippen LogP contribution in [0.15, 0.2) is 18.2 Å². The lowest BCUT2D eigenvalue weighted by atomic mass is 10.1. The first-order valence-corrected chi connectivity index (χ1v) is 6.67. The molecule has 0 aliphatic carbocycles. The van der Waals surface area contributed by atoms with Gasteiger partial charge in [0.25, 0.3) is 0 Å². The van der Waals surface area contributed by atoms with Gasteiger partial charge in [0.2, 0.25) is 0 Å². The van der Waals surface area contributed by atoms with Crippen LogP contribution >= 0.6 is 11.6 Å². The van der Waals surface area contributed by atoms with Crippen LogP contribution < -0.4 is 10.5 Å². The summed E-state index contributed by atoms with van der Waals surface area (Å²) in [7, 11) is 1.70. The number of rotatable bonds is 8. The number of hydrogen-bond acceptors (Lipinski definition) is 3. The Morgan fingerprint density at radius 1 is 1.28 bits per heavy atom. The van der Waals surface area contributed by atoms with Gasteiger partial charge in [0, 0.05) is 19.8 Å². The van der Waals surface area contributed by atoms with Crippen LogP contribution in [0.25, 0.3) is 0 Å². The van der Waals surface area contributed by atoms with Gasteiger partial charge in [-0.15, -0.1) is 0 Å². The number of ether oxygens (including phenoxy) is 2. The topological polar surface area (TPSA) is 44.5 Å². The molecule has 0 aromatic heterocycles. The molecule has 0 fully saturated rings. The Kier molecular flexibility index (Phi) is 7.09. The van der Waals surface area contributed by atoms with Gasteiger partial charge in [-0.3, -0.25) is 0 Å². The molecule has 0 heterocycles. The monoisotopic (exact) mass is 271 g/mol. The molecule has 4 heteroatoms. The van der Waals surface area contributed by atoms with Crippen molar-refractivity contribution >= 4 is 11.6 Å². The Balaban J connectivity index is 2.56. The number of unbranched alkanes of at least 4 members (excludes halogenated alkanes) is 1. The molecule has 1 aromatic carbocycles. The molecule has 0 radical (unpaired) electrons. The molecule has 0 spiro atoms. The quantitative estimate of drug-likeness (QED) is 0.739. The van der Waals surface area contributed by atoms with Crippen LogP contribution in [0.5, 0.6) is 5.75 Å². The first kappa shape index (κ1) is 15.3. The van der Waals surface area contributed by atoms with E-state index < -0.39 is 0 Å². The van der Waals surface area contributed by atoms with Crippen molar-refractivity contribution in [3.05, 3.63) is 28.8 Å². The first-order chi connectivity index (χ1) is 8.65. The van der Waals surface area contributed by atoms with Gasteiger partial charge < -0.3 is 15.2 Å². The third-order valence-corrected chi connectivity index (χ3v) is 2.88. The molecule has 1 rings (SSSR count). The maximum atomic E-state index is 6.16. The minimum absolute atomic E-state index is 0.0966. The van der Waals surface area contributed by atoms with E-state index >= 15 is 0 Å². The molecule has 18 heavy (non-hydrogen) atoms. The third kappa shape index (κ3) is 5.25. The van der Waals surface area contributed by atoms with Gasteiger partial charge >= 0.3 is 0 Å². The van der Waals surface area contributed by atoms with Crippen molar-refractivity contribution in [2.75, 3.05) is 20.3 Å². The largest absolute Gasteiger partial charge is 0.492 e. The van der Waals surface area contributed by atoms with Gasteiger partial charge in [0.15, 0.2) is 0 Å². The zero-order valence-corrected chi connectivity index (χ0v) is 11.9. The van der Waals surface area contributed by atoms with Crippen molar-refractivity contribution in [3.8, 4) is 5.75 Å². The summed E-state index contributed by atoms with van der Waals surface area (Å²) >= 11 is 6.16. The van der Waals surface area contributed by atoms with Crippen molar-refractivity contribution in [1.29, 1.82) is 0 Å². The first-order valence-electron chi connectivity index (χ1n) is 6.30. The van der Waals surface area contributed by atoms with E-state index in [0.717, 1.165) is 37.2 Å². The van der Waals surface area contributed by atoms with Gasteiger partial charge in [-0.25, -0.2) is 0 Å². The second kappa shape index (κ2) is 8.35. The summed E-state index contributed by atoms with van der Waals surface area (Å²) in [4.78, 5) is 0. The number of methoxy groups -OCH3 is 1. The summed E-state index contributed by atoms with van der Waals surface area (Å²) < 4.78 is 10.8. The number of para-hydroxylation sites is 1. The highest BCUT2D eigenvalue weighted by molar-refractivity contribution is 6.32. The zero-order valence-electron chi connectivity index (χ0n) is 11.1. The van der Waals surface area contributed by atoms with Gasteiger partial charge in [0.1, 0.15) is 5.75 Å². The highest BCUT2D eigenvalue weighted by Crippen LogP contribution is 2.29. The minimum Gasteiger partial charge on any atom is -0.492 e. The van der Waals surface area contributed by atoms with Crippen LogP contribution in [0.4, 0.5) is 0 Å². The van der Waals surface area contributed by atoms with Crippen LogP contribution in [0.3, 0.4) is 0 Å². The van der Waals surface area contributed by atoms with Crippen LogP contribution in [0.2, 0.25) is 5.02 Å². The molecule has 0 saturated carbocycles. The Labute approximate surface area is 114 Å². The second-order valence-corrected chi connectivity index (χ2v) is 4.87. The van der Waals surface area contributed by atoms with Gasteiger partial charge in [-0.1, -0.05) is 23.7 Å². The van der Waals surface area contributed by atoms with E-state index in [1.165, 1.54) is 0 Å². The molecule has 0 bridgehead atoms. The summed E-state index contributed by atoms with van der Waals surface area (Å²) in [5.41, 5.74) is 6.90. The minimum atomic E-state index is 0.0966. The highest BCUT2D eigenvalue weighted by Gasteiger charge is 2.09. The number of benzene rings is 1. The second-order valence-electron chi connectivity index (χ2n) is 4.46. The smallest absolute Gasteiger partial charge is 0.141 e. The predicted molar refractivity (Wildman–Crippen MR) is 75.4 cm³/mol. The normalized spacial score (nSPS) is 12.4. The Morgan fingerprint density at radius 3 is 2.67 bits per heavy atom. The summed E-state index contributed by atoms with van der Waals surface area (Å²) in [6.45, 7) is 3.39. The number of halogens is 1. The number of nitrogens with two attached hydrogens (primary N) is 1. The van der Waals surface area contributed by atoms with E-state index in [4.69, 9.17) is 26.8 Å². The summed E-state index contributed by atoms with van der Waals surface area (Å²) in [5.74, 6) is 0.772. The van der Waals surface area contributed by atoms with E-state index in [2.05, 4.69) is 0 Å². The molecular formula is C14H22ClNO2. The summed E-state index contributed by atoms with van der Waals surface area (Å²) in [6, 6.07) is 5.88. The maximum Gasteiger partial charge on any atom is 0.141 e. The Hall–Kier alpha value is -0.770. The standard InChI is InChI=1S/C14H22ClNO2/c1-11(16)10-12-6-5-7-13(15)14(12)18-9-4-3-8-17-2/h5-7,11H,3-4,8-10,16H2,1-2H3. The molecule has 1 unspecified atom stereocenters. The van der Waals surface area contributed by atoms with Crippen molar-refractivity contribution in [3.63, 3.8) is 0 Å². The van der Waals surface area contributed by atoms with E-state index in [9.17, 15) is 0 Å². The summed E-state index contributed by atoms with van der Waals surface area (Å²) in [5, 5.41) is 0.653. The number of hydrogen-bond donors (Lipinski definition) is 1. The lowest BCUT2D eigenvalue weighted by molar-refractivity contribution is 0.184. The predicted octanol–water partition coefficient (Wildman–Crippen LogP) is 3.04. The van der Waals surface area contributed by atoms with Crippen LogP contribution in [-0.2, 0) is 11.2 Å². The van der Waals surface area contributed by atoms with Crippen molar-refractivity contribution < 1.29 is 9.47 Å². The molecule has 0 aliphatic rings. The molecule has 0 aliphatic heterocycles. The van der Waals surface area contributed by atoms with Crippen molar-refractivity contribution in [2.45, 2.75) is 32.2 Å². The van der Waals surface area contributed by atoms with Crippen LogP contribution in [0, 0.1) is 0 Å². The zero-order chi connectivity index (χ0) is 13.4. The van der Waals surface area contributed by atoms with E-state index in [0.29, 0.717) is 11.6 Å². The molecule has 1 atom stereocenters. The SMILES string of the molecule is COCCCCOc1c(Cl)cccc1CC(C)N. The fraction of sp³-hybridized carbons (Fsp3) is 0.571. The molecule has 3 nitrogen and oxygen atoms in total. The van der Waals surface area contributed by atoms with E-state index in [1.807, 2.05) is 25.1 Å². The Bertz CT molecular complexity index is 356. The molecule has 0 amide bonds. The average Bonchev–Trinajstić information content (AvgIpc) is 2.31. The average molecular weight is 272 g/mol. The van der Waals surface area contributed by atoms with Crippen molar-refractivity contribution in [2.24, 2.45) is 5.73 Å². The fourth-order valence-electron chi connectivity index (χ4n) is 1.75. The Morgan fingerprint density at radius 2 is 2.00 bits per heavy atom. The van der Waals surface area contributed by atoms with E-state index in [-0.39, 0.29) is 6.04 Å².